The lowest BCUT2D eigenvalue weighted by Gasteiger charge is -2.33. The van der Waals surface area contributed by atoms with Crippen LogP contribution in [0.4, 0.5) is 5.69 Å². The van der Waals surface area contributed by atoms with Crippen LogP contribution in [0.3, 0.4) is 0 Å². The van der Waals surface area contributed by atoms with Crippen molar-refractivity contribution in [2.24, 2.45) is 0 Å². The highest BCUT2D eigenvalue weighted by Gasteiger charge is 2.19. The zero-order valence-corrected chi connectivity index (χ0v) is 11.9. The number of nitrogens with zero attached hydrogens (tertiary/aromatic N) is 1. The fraction of sp³-hybridized carbons (Fsp3) is 0.333. The predicted octanol–water partition coefficient (Wildman–Crippen LogP) is 3.48. The van der Waals surface area contributed by atoms with Crippen molar-refractivity contribution in [3.8, 4) is 0 Å². The zero-order chi connectivity index (χ0) is 13.9. The predicted molar refractivity (Wildman–Crippen MR) is 83.1 cm³/mol. The van der Waals surface area contributed by atoms with Crippen LogP contribution in [-0.2, 0) is 6.42 Å². The van der Waals surface area contributed by atoms with Crippen LogP contribution >= 0.6 is 0 Å². The normalized spacial score (nSPS) is 15.8. The van der Waals surface area contributed by atoms with Crippen LogP contribution in [0, 0.1) is 6.92 Å². The summed E-state index contributed by atoms with van der Waals surface area (Å²) in [5, 5.41) is 10.4. The number of β-amino-alcohol motifs (C(OH)–C–C–N with tert-alkyl or cyclic N) is 1. The van der Waals surface area contributed by atoms with Crippen LogP contribution in [0.15, 0.2) is 48.5 Å². The Morgan fingerprint density at radius 3 is 2.75 bits per heavy atom. The average Bonchev–Trinajstić information content (AvgIpc) is 2.48. The van der Waals surface area contributed by atoms with E-state index in [4.69, 9.17) is 0 Å². The van der Waals surface area contributed by atoms with Gasteiger partial charge in [-0.3, -0.25) is 0 Å². The van der Waals surface area contributed by atoms with Crippen molar-refractivity contribution in [1.29, 1.82) is 0 Å². The Bertz CT molecular complexity index is 579. The number of benzene rings is 2. The Morgan fingerprint density at radius 2 is 1.95 bits per heavy atom. The first-order valence-corrected chi connectivity index (χ1v) is 7.31. The molecule has 20 heavy (non-hydrogen) atoms. The minimum Gasteiger partial charge on any atom is -0.387 e. The number of anilines is 1. The van der Waals surface area contributed by atoms with E-state index in [2.05, 4.69) is 30.0 Å². The van der Waals surface area contributed by atoms with Gasteiger partial charge in [0.1, 0.15) is 0 Å². The molecule has 2 aromatic rings. The standard InChI is InChI=1S/C18H21NO/c1-14-9-10-17-16(12-14)8-5-11-19(17)13-18(20)15-6-3-2-4-7-15/h2-4,6-7,9-10,12,18,20H,5,8,11,13H2,1H3. The van der Waals surface area contributed by atoms with E-state index in [1.54, 1.807) is 0 Å². The molecule has 1 aliphatic heterocycles. The molecule has 1 unspecified atom stereocenters. The molecule has 1 atom stereocenters. The SMILES string of the molecule is Cc1ccc2c(c1)CCCN2CC(O)c1ccccc1. The van der Waals surface area contributed by atoms with Gasteiger partial charge in [-0.05, 0) is 37.0 Å². The summed E-state index contributed by atoms with van der Waals surface area (Å²) in [6, 6.07) is 16.5. The summed E-state index contributed by atoms with van der Waals surface area (Å²) in [4.78, 5) is 2.32. The number of aliphatic hydroxyl groups is 1. The van der Waals surface area contributed by atoms with E-state index in [-0.39, 0.29) is 0 Å². The fourth-order valence-electron chi connectivity index (χ4n) is 2.98. The molecule has 1 N–H and O–H groups in total. The highest BCUT2D eigenvalue weighted by atomic mass is 16.3. The largest absolute Gasteiger partial charge is 0.387 e. The molecule has 0 spiro atoms. The van der Waals surface area contributed by atoms with Gasteiger partial charge in [-0.2, -0.15) is 0 Å². The summed E-state index contributed by atoms with van der Waals surface area (Å²) < 4.78 is 0. The van der Waals surface area contributed by atoms with Crippen LogP contribution in [0.25, 0.3) is 0 Å². The minimum absolute atomic E-state index is 0.427. The highest BCUT2D eigenvalue weighted by Crippen LogP contribution is 2.29. The van der Waals surface area contributed by atoms with Crippen LogP contribution in [0.1, 0.15) is 29.2 Å². The van der Waals surface area contributed by atoms with Gasteiger partial charge in [0.15, 0.2) is 0 Å². The first-order chi connectivity index (χ1) is 9.74. The Morgan fingerprint density at radius 1 is 1.15 bits per heavy atom. The molecule has 0 fully saturated rings. The lowest BCUT2D eigenvalue weighted by Crippen LogP contribution is -2.33. The number of hydrogen-bond acceptors (Lipinski definition) is 2. The second kappa shape index (κ2) is 5.68. The summed E-state index contributed by atoms with van der Waals surface area (Å²) in [5.74, 6) is 0. The third kappa shape index (κ3) is 2.70. The van der Waals surface area contributed by atoms with Crippen molar-refractivity contribution >= 4 is 5.69 Å². The number of aryl methyl sites for hydroxylation is 2. The lowest BCUT2D eigenvalue weighted by atomic mass is 9.98. The third-order valence-electron chi connectivity index (χ3n) is 4.03. The Balaban J connectivity index is 1.80. The lowest BCUT2D eigenvalue weighted by molar-refractivity contribution is 0.183. The van der Waals surface area contributed by atoms with Gasteiger partial charge in [0.2, 0.25) is 0 Å². The Kier molecular flexibility index (Phi) is 3.75. The molecule has 3 rings (SSSR count). The van der Waals surface area contributed by atoms with E-state index < -0.39 is 6.10 Å². The maximum Gasteiger partial charge on any atom is 0.0964 e. The maximum atomic E-state index is 10.4. The number of rotatable bonds is 3. The molecule has 1 heterocycles. The summed E-state index contributed by atoms with van der Waals surface area (Å²) in [7, 11) is 0. The van der Waals surface area contributed by atoms with Gasteiger partial charge in [0.25, 0.3) is 0 Å². The molecule has 0 aliphatic carbocycles. The van der Waals surface area contributed by atoms with Gasteiger partial charge in [-0.1, -0.05) is 48.0 Å². The van der Waals surface area contributed by atoms with Gasteiger partial charge in [-0.15, -0.1) is 0 Å². The first-order valence-electron chi connectivity index (χ1n) is 7.31. The van der Waals surface area contributed by atoms with Crippen LogP contribution in [0.2, 0.25) is 0 Å². The van der Waals surface area contributed by atoms with Crippen molar-refractivity contribution in [2.75, 3.05) is 18.0 Å². The van der Waals surface area contributed by atoms with Crippen molar-refractivity contribution in [3.05, 3.63) is 65.2 Å². The van der Waals surface area contributed by atoms with E-state index in [1.165, 1.54) is 16.8 Å². The maximum absolute atomic E-state index is 10.4. The van der Waals surface area contributed by atoms with Crippen LogP contribution < -0.4 is 4.90 Å². The monoisotopic (exact) mass is 267 g/mol. The van der Waals surface area contributed by atoms with E-state index in [0.29, 0.717) is 6.54 Å². The summed E-state index contributed by atoms with van der Waals surface area (Å²) in [6.45, 7) is 3.83. The molecule has 2 heteroatoms. The number of hydrogen-bond donors (Lipinski definition) is 1. The van der Waals surface area contributed by atoms with Crippen LogP contribution in [-0.4, -0.2) is 18.2 Å². The quantitative estimate of drug-likeness (QED) is 0.920. The molecule has 0 saturated carbocycles. The minimum atomic E-state index is -0.427. The molecular weight excluding hydrogens is 246 g/mol. The molecule has 2 nitrogen and oxygen atoms in total. The Hall–Kier alpha value is -1.80. The van der Waals surface area contributed by atoms with Gasteiger partial charge in [-0.25, -0.2) is 0 Å². The Labute approximate surface area is 120 Å². The fourth-order valence-corrected chi connectivity index (χ4v) is 2.98. The van der Waals surface area contributed by atoms with Gasteiger partial charge < -0.3 is 10.0 Å². The smallest absolute Gasteiger partial charge is 0.0964 e. The van der Waals surface area contributed by atoms with E-state index >= 15 is 0 Å². The molecule has 0 saturated heterocycles. The molecule has 0 radical (unpaired) electrons. The number of fused-ring (bicyclic) bond motifs is 1. The topological polar surface area (TPSA) is 23.5 Å². The summed E-state index contributed by atoms with van der Waals surface area (Å²) in [6.07, 6.45) is 1.89. The second-order valence-electron chi connectivity index (χ2n) is 5.61. The molecule has 0 aromatic heterocycles. The van der Waals surface area contributed by atoms with E-state index in [9.17, 15) is 5.11 Å². The molecule has 1 aliphatic rings. The summed E-state index contributed by atoms with van der Waals surface area (Å²) >= 11 is 0. The van der Waals surface area contributed by atoms with E-state index in [0.717, 1.165) is 24.9 Å². The zero-order valence-electron chi connectivity index (χ0n) is 11.9. The van der Waals surface area contributed by atoms with Crippen molar-refractivity contribution < 1.29 is 5.11 Å². The molecule has 0 bridgehead atoms. The molecule has 104 valence electrons. The first kappa shape index (κ1) is 13.2. The third-order valence-corrected chi connectivity index (χ3v) is 4.03. The summed E-state index contributed by atoms with van der Waals surface area (Å²) in [5.41, 5.74) is 5.01. The number of aliphatic hydroxyl groups excluding tert-OH is 1. The highest BCUT2D eigenvalue weighted by molar-refractivity contribution is 5.57. The van der Waals surface area contributed by atoms with Crippen molar-refractivity contribution in [3.63, 3.8) is 0 Å². The van der Waals surface area contributed by atoms with Crippen molar-refractivity contribution in [1.82, 2.24) is 0 Å². The van der Waals surface area contributed by atoms with Gasteiger partial charge in [0.05, 0.1) is 6.10 Å². The second-order valence-corrected chi connectivity index (χ2v) is 5.61. The average molecular weight is 267 g/mol. The molecule has 2 aromatic carbocycles. The molecular formula is C18H21NO. The van der Waals surface area contributed by atoms with Crippen LogP contribution in [0.5, 0.6) is 0 Å². The van der Waals surface area contributed by atoms with E-state index in [1.807, 2.05) is 30.3 Å². The molecule has 0 amide bonds. The van der Waals surface area contributed by atoms with Gasteiger partial charge in [0, 0.05) is 18.8 Å². The van der Waals surface area contributed by atoms with Gasteiger partial charge >= 0.3 is 0 Å². The van der Waals surface area contributed by atoms with Crippen molar-refractivity contribution in [2.45, 2.75) is 25.9 Å².